The number of thiazole rings is 1. The number of benzene rings is 2. The lowest BCUT2D eigenvalue weighted by Gasteiger charge is -2.35. The number of aliphatic carboxylic acids is 1. The van der Waals surface area contributed by atoms with E-state index >= 15 is 0 Å². The first kappa shape index (κ1) is 31.9. The van der Waals surface area contributed by atoms with Gasteiger partial charge in [-0.2, -0.15) is 13.2 Å². The Hall–Kier alpha value is -4.50. The number of anilines is 3. The number of hydrogen-bond acceptors (Lipinski definition) is 9. The van der Waals surface area contributed by atoms with Gasteiger partial charge < -0.3 is 29.9 Å². The molecule has 0 bridgehead atoms. The third kappa shape index (κ3) is 7.78. The number of aryl methyl sites for hydroxylation is 1. The standard InChI is InChI=1S/C28H31N7O2S.C2HF3O2/c1-28(2)15-23-24(26(36)32-28)38-27(31-23)35-10-11-37-16-22(35)13-18-6-4-8-20(12-18)30-21-9-5-7-19(14-21)25-33-29-17-34(25)3;3-2(4,5)1(6)7/h4-9,12,14,17,22,30H,10-11,13,15-16H2,1-3H3,(H,32,36);(H,6,7). The second-order valence-electron chi connectivity index (χ2n) is 11.4. The molecule has 2 aromatic carbocycles. The van der Waals surface area contributed by atoms with E-state index in [1.165, 1.54) is 16.9 Å². The predicted molar refractivity (Wildman–Crippen MR) is 163 cm³/mol. The molecule has 6 rings (SSSR count). The molecule has 1 atom stereocenters. The Morgan fingerprint density at radius 1 is 1.20 bits per heavy atom. The Labute approximate surface area is 261 Å². The van der Waals surface area contributed by atoms with Gasteiger partial charge in [-0.05, 0) is 50.1 Å². The third-order valence-corrected chi connectivity index (χ3v) is 8.32. The summed E-state index contributed by atoms with van der Waals surface area (Å²) >= 11 is 1.49. The van der Waals surface area contributed by atoms with Crippen LogP contribution in [0.4, 0.5) is 29.7 Å². The van der Waals surface area contributed by atoms with Crippen molar-refractivity contribution >= 4 is 39.7 Å². The van der Waals surface area contributed by atoms with Crippen molar-refractivity contribution in [2.75, 3.05) is 30.0 Å². The number of alkyl halides is 3. The van der Waals surface area contributed by atoms with E-state index in [4.69, 9.17) is 19.6 Å². The number of nitrogens with zero attached hydrogens (tertiary/aromatic N) is 5. The smallest absolute Gasteiger partial charge is 0.475 e. The number of nitrogens with one attached hydrogen (secondary N) is 2. The van der Waals surface area contributed by atoms with Gasteiger partial charge in [-0.3, -0.25) is 4.79 Å². The van der Waals surface area contributed by atoms with Gasteiger partial charge in [0.05, 0.1) is 24.9 Å². The second-order valence-corrected chi connectivity index (χ2v) is 12.4. The van der Waals surface area contributed by atoms with Crippen LogP contribution in [0.3, 0.4) is 0 Å². The van der Waals surface area contributed by atoms with Crippen LogP contribution >= 0.6 is 11.3 Å². The average Bonchev–Trinajstić information content (AvgIpc) is 3.59. The van der Waals surface area contributed by atoms with Crippen LogP contribution in [-0.4, -0.2) is 74.2 Å². The molecule has 1 amide bonds. The minimum absolute atomic E-state index is 0.0215. The third-order valence-electron chi connectivity index (χ3n) is 7.19. The Balaban J connectivity index is 0.000000515. The van der Waals surface area contributed by atoms with Crippen LogP contribution in [0.15, 0.2) is 54.9 Å². The molecule has 0 spiro atoms. The summed E-state index contributed by atoms with van der Waals surface area (Å²) in [5.41, 5.74) is 4.84. The van der Waals surface area contributed by atoms with Gasteiger partial charge in [0.25, 0.3) is 5.91 Å². The van der Waals surface area contributed by atoms with Crippen molar-refractivity contribution in [3.63, 3.8) is 0 Å². The van der Waals surface area contributed by atoms with Crippen molar-refractivity contribution in [1.82, 2.24) is 25.1 Å². The maximum Gasteiger partial charge on any atom is 0.490 e. The first-order valence-electron chi connectivity index (χ1n) is 14.1. The highest BCUT2D eigenvalue weighted by Crippen LogP contribution is 2.34. The lowest BCUT2D eigenvalue weighted by atomic mass is 9.94. The van der Waals surface area contributed by atoms with Crippen LogP contribution in [0.2, 0.25) is 0 Å². The molecule has 11 nitrogen and oxygen atoms in total. The van der Waals surface area contributed by atoms with Crippen molar-refractivity contribution in [2.45, 2.75) is 44.4 Å². The zero-order chi connectivity index (χ0) is 32.4. The fourth-order valence-electron chi connectivity index (χ4n) is 5.16. The molecule has 1 unspecified atom stereocenters. The van der Waals surface area contributed by atoms with Crippen LogP contribution in [0.1, 0.15) is 34.8 Å². The van der Waals surface area contributed by atoms with Gasteiger partial charge in [0, 0.05) is 42.5 Å². The Morgan fingerprint density at radius 2 is 1.91 bits per heavy atom. The number of morpholine rings is 1. The van der Waals surface area contributed by atoms with E-state index in [9.17, 15) is 18.0 Å². The Morgan fingerprint density at radius 3 is 2.60 bits per heavy atom. The molecule has 3 N–H and O–H groups in total. The first-order chi connectivity index (χ1) is 21.3. The number of carboxylic acid groups (broad SMARTS) is 1. The summed E-state index contributed by atoms with van der Waals surface area (Å²) in [6, 6.07) is 16.8. The average molecular weight is 644 g/mol. The molecule has 4 heterocycles. The number of carbonyl (C=O) groups is 2. The van der Waals surface area contributed by atoms with Crippen LogP contribution in [0.5, 0.6) is 0 Å². The summed E-state index contributed by atoms with van der Waals surface area (Å²) in [4.78, 5) is 29.5. The highest BCUT2D eigenvalue weighted by atomic mass is 32.1. The second kappa shape index (κ2) is 12.9. The largest absolute Gasteiger partial charge is 0.490 e. The van der Waals surface area contributed by atoms with Gasteiger partial charge in [-0.1, -0.05) is 35.6 Å². The number of aromatic nitrogens is 4. The molecular weight excluding hydrogens is 611 g/mol. The number of ether oxygens (including phenoxy) is 1. The summed E-state index contributed by atoms with van der Waals surface area (Å²) in [7, 11) is 1.94. The number of amides is 1. The van der Waals surface area contributed by atoms with Crippen LogP contribution in [-0.2, 0) is 29.4 Å². The van der Waals surface area contributed by atoms with Crippen molar-refractivity contribution in [2.24, 2.45) is 7.05 Å². The van der Waals surface area contributed by atoms with Crippen LogP contribution < -0.4 is 15.5 Å². The quantitative estimate of drug-likeness (QED) is 0.270. The number of hydrogen-bond donors (Lipinski definition) is 3. The van der Waals surface area contributed by atoms with E-state index < -0.39 is 12.1 Å². The molecule has 1 fully saturated rings. The fraction of sp³-hybridized carbons (Fsp3) is 0.367. The molecule has 2 aliphatic heterocycles. The Kier molecular flexibility index (Phi) is 9.11. The minimum Gasteiger partial charge on any atom is -0.475 e. The van der Waals surface area contributed by atoms with E-state index in [1.54, 1.807) is 6.33 Å². The van der Waals surface area contributed by atoms with E-state index in [-0.39, 0.29) is 17.5 Å². The molecule has 15 heteroatoms. The maximum atomic E-state index is 12.7. The molecule has 2 aromatic heterocycles. The van der Waals surface area contributed by atoms with Crippen molar-refractivity contribution in [3.8, 4) is 11.4 Å². The predicted octanol–water partition coefficient (Wildman–Crippen LogP) is 4.83. The molecule has 0 radical (unpaired) electrons. The molecule has 238 valence electrons. The topological polar surface area (TPSA) is 134 Å². The number of carbonyl (C=O) groups excluding carboxylic acids is 1. The fourth-order valence-corrected chi connectivity index (χ4v) is 6.23. The van der Waals surface area contributed by atoms with Crippen molar-refractivity contribution < 1.29 is 32.6 Å². The lowest BCUT2D eigenvalue weighted by Crippen LogP contribution is -2.48. The van der Waals surface area contributed by atoms with E-state index in [0.717, 1.165) is 57.9 Å². The van der Waals surface area contributed by atoms with E-state index in [0.29, 0.717) is 13.2 Å². The van der Waals surface area contributed by atoms with E-state index in [1.807, 2.05) is 43.7 Å². The molecule has 45 heavy (non-hydrogen) atoms. The Bertz CT molecular complexity index is 1690. The summed E-state index contributed by atoms with van der Waals surface area (Å²) < 4.78 is 39.5. The number of halogens is 3. The number of fused-ring (bicyclic) bond motifs is 1. The molecule has 1 saturated heterocycles. The summed E-state index contributed by atoms with van der Waals surface area (Å²) in [6.45, 7) is 6.12. The van der Waals surface area contributed by atoms with E-state index in [2.05, 4.69) is 56.1 Å². The number of rotatable bonds is 6. The molecular formula is C30H32F3N7O4S. The zero-order valence-corrected chi connectivity index (χ0v) is 25.6. The molecule has 4 aromatic rings. The summed E-state index contributed by atoms with van der Waals surface area (Å²) in [6.07, 6.45) is -1.82. The van der Waals surface area contributed by atoms with Crippen molar-refractivity contribution in [1.29, 1.82) is 0 Å². The van der Waals surface area contributed by atoms with Crippen molar-refractivity contribution in [3.05, 3.63) is 71.0 Å². The maximum absolute atomic E-state index is 12.7. The van der Waals surface area contributed by atoms with Crippen LogP contribution in [0, 0.1) is 0 Å². The molecule has 0 aliphatic carbocycles. The summed E-state index contributed by atoms with van der Waals surface area (Å²) in [5, 5.41) is 22.9. The zero-order valence-electron chi connectivity index (χ0n) is 24.8. The molecule has 2 aliphatic rings. The molecule has 0 saturated carbocycles. The highest BCUT2D eigenvalue weighted by molar-refractivity contribution is 7.17. The monoisotopic (exact) mass is 643 g/mol. The minimum atomic E-state index is -5.08. The van der Waals surface area contributed by atoms with Gasteiger partial charge in [0.2, 0.25) is 0 Å². The number of carboxylic acids is 1. The first-order valence-corrected chi connectivity index (χ1v) is 14.9. The lowest BCUT2D eigenvalue weighted by molar-refractivity contribution is -0.192. The van der Waals surface area contributed by atoms with Gasteiger partial charge in [0.15, 0.2) is 11.0 Å². The van der Waals surface area contributed by atoms with Gasteiger partial charge >= 0.3 is 12.1 Å². The normalized spacial score (nSPS) is 17.5. The van der Waals surface area contributed by atoms with Gasteiger partial charge in [-0.25, -0.2) is 9.78 Å². The SMILES string of the molecule is Cn1cnnc1-c1cccc(Nc2cccc(CC3COCCN3c3nc4c(s3)C(=O)NC(C)(C)C4)c2)c1.O=C(O)C(F)(F)F. The summed E-state index contributed by atoms with van der Waals surface area (Å²) in [5.74, 6) is -1.95. The highest BCUT2D eigenvalue weighted by Gasteiger charge is 2.38. The van der Waals surface area contributed by atoms with Gasteiger partial charge in [-0.15, -0.1) is 10.2 Å². The van der Waals surface area contributed by atoms with Crippen LogP contribution in [0.25, 0.3) is 11.4 Å². The van der Waals surface area contributed by atoms with Gasteiger partial charge in [0.1, 0.15) is 11.2 Å².